The van der Waals surface area contributed by atoms with Gasteiger partial charge in [0.05, 0.1) is 29.9 Å². The van der Waals surface area contributed by atoms with Crippen LogP contribution in [0.1, 0.15) is 57.2 Å². The molecule has 2 aromatic heterocycles. The Hall–Kier alpha value is -2.03. The molecule has 7 atom stereocenters. The van der Waals surface area contributed by atoms with Crippen LogP contribution in [0.4, 0.5) is 4.39 Å². The van der Waals surface area contributed by atoms with Gasteiger partial charge >= 0.3 is 0 Å². The largest absolute Gasteiger partial charge is 0.393 e. The van der Waals surface area contributed by atoms with Gasteiger partial charge in [-0.2, -0.15) is 9.49 Å². The minimum Gasteiger partial charge on any atom is -0.393 e. The second-order valence-electron chi connectivity index (χ2n) is 11.5. The number of nitrogens with zero attached hydrogens (tertiary/aromatic N) is 3. The smallest absolute Gasteiger partial charge is 0.220 e. The third-order valence-electron chi connectivity index (χ3n) is 10.1. The molecule has 0 radical (unpaired) electrons. The molecule has 4 aliphatic carbocycles. The molecular weight excluding hydrogens is 465 g/mol. The maximum atomic E-state index is 13.4. The minimum absolute atomic E-state index is 0.0660. The average molecular weight is 498 g/mol. The van der Waals surface area contributed by atoms with Gasteiger partial charge in [-0.25, -0.2) is 9.67 Å². The Balaban J connectivity index is 1.37. The second-order valence-corrected chi connectivity index (χ2v) is 12.3. The fourth-order valence-electron chi connectivity index (χ4n) is 8.39. The molecule has 3 saturated carbocycles. The summed E-state index contributed by atoms with van der Waals surface area (Å²) in [5.74, 6) is 0.0175. The highest BCUT2D eigenvalue weighted by atomic mass is 32.2. The molecule has 0 aliphatic heterocycles. The molecule has 2 heterocycles. The van der Waals surface area contributed by atoms with Gasteiger partial charge in [-0.15, -0.1) is 0 Å². The first-order valence-corrected chi connectivity index (χ1v) is 13.7. The molecule has 6 nitrogen and oxygen atoms in total. The van der Waals surface area contributed by atoms with Crippen LogP contribution in [0.15, 0.2) is 30.1 Å². The Morgan fingerprint density at radius 1 is 1.26 bits per heavy atom. The number of hydrogen-bond donors (Lipinski definition) is 2. The van der Waals surface area contributed by atoms with Crippen LogP contribution in [-0.4, -0.2) is 48.1 Å². The third kappa shape index (κ3) is 3.05. The molecule has 0 spiro atoms. The number of aliphatic hydroxyl groups excluding tert-OH is 1. The predicted octanol–water partition coefficient (Wildman–Crippen LogP) is 4.18. The van der Waals surface area contributed by atoms with Crippen LogP contribution in [0.3, 0.4) is 0 Å². The van der Waals surface area contributed by atoms with Gasteiger partial charge < -0.3 is 10.2 Å². The Morgan fingerprint density at radius 3 is 2.77 bits per heavy atom. The number of carbonyl (C=O) groups excluding carboxylic acids is 1. The maximum absolute atomic E-state index is 13.4. The van der Waals surface area contributed by atoms with E-state index < -0.39 is 23.1 Å². The van der Waals surface area contributed by atoms with Gasteiger partial charge in [0.2, 0.25) is 11.1 Å². The normalized spacial score (nSPS) is 39.8. The van der Waals surface area contributed by atoms with Crippen LogP contribution < -0.4 is 0 Å². The van der Waals surface area contributed by atoms with Crippen molar-refractivity contribution in [2.24, 2.45) is 28.6 Å². The van der Waals surface area contributed by atoms with E-state index in [0.717, 1.165) is 54.4 Å². The summed E-state index contributed by atoms with van der Waals surface area (Å²) in [6, 6.07) is 3.02. The van der Waals surface area contributed by atoms with E-state index in [1.54, 1.807) is 12.3 Å². The van der Waals surface area contributed by atoms with Crippen LogP contribution >= 0.6 is 11.8 Å². The first kappa shape index (κ1) is 23.4. The summed E-state index contributed by atoms with van der Waals surface area (Å²) in [4.78, 5) is 16.6. The molecule has 2 aromatic rings. The zero-order valence-corrected chi connectivity index (χ0v) is 21.2. The highest BCUT2D eigenvalue weighted by molar-refractivity contribution is 8.13. The summed E-state index contributed by atoms with van der Waals surface area (Å²) >= 11 is 1.10. The number of fused-ring (bicyclic) bond motifs is 6. The first-order chi connectivity index (χ1) is 16.6. The van der Waals surface area contributed by atoms with Crippen molar-refractivity contribution in [2.75, 3.05) is 6.26 Å². The molecular formula is C27H32FN3O3S. The van der Waals surface area contributed by atoms with E-state index >= 15 is 0 Å². The number of pyridine rings is 1. The van der Waals surface area contributed by atoms with E-state index in [9.17, 15) is 19.4 Å². The molecule has 4 aliphatic rings. The Kier molecular flexibility index (Phi) is 5.16. The van der Waals surface area contributed by atoms with E-state index in [-0.39, 0.29) is 28.3 Å². The summed E-state index contributed by atoms with van der Waals surface area (Å²) in [5.41, 5.74) is 1.96. The number of halogens is 1. The number of hydrogen-bond acceptors (Lipinski definition) is 6. The van der Waals surface area contributed by atoms with Gasteiger partial charge in [0.1, 0.15) is 5.60 Å². The molecule has 35 heavy (non-hydrogen) atoms. The van der Waals surface area contributed by atoms with Crippen molar-refractivity contribution >= 4 is 23.0 Å². The predicted molar refractivity (Wildman–Crippen MR) is 132 cm³/mol. The molecule has 0 bridgehead atoms. The highest BCUT2D eigenvalue weighted by Crippen LogP contribution is 2.68. The Bertz CT molecular complexity index is 1230. The van der Waals surface area contributed by atoms with Gasteiger partial charge in [0.15, 0.2) is 0 Å². The van der Waals surface area contributed by atoms with E-state index in [1.165, 1.54) is 17.8 Å². The van der Waals surface area contributed by atoms with Gasteiger partial charge in [-0.05, 0) is 91.7 Å². The van der Waals surface area contributed by atoms with Crippen LogP contribution in [0.2, 0.25) is 0 Å². The van der Waals surface area contributed by atoms with Crippen molar-refractivity contribution in [3.8, 4) is 5.69 Å². The van der Waals surface area contributed by atoms with Crippen molar-refractivity contribution in [2.45, 2.75) is 64.1 Å². The zero-order chi connectivity index (χ0) is 24.8. The van der Waals surface area contributed by atoms with E-state index in [4.69, 9.17) is 0 Å². The summed E-state index contributed by atoms with van der Waals surface area (Å²) in [6.07, 6.45) is 11.1. The lowest BCUT2D eigenvalue weighted by Crippen LogP contribution is -2.61. The van der Waals surface area contributed by atoms with Gasteiger partial charge in [-0.3, -0.25) is 4.79 Å². The molecule has 0 aromatic carbocycles. The van der Waals surface area contributed by atoms with Gasteiger partial charge in [-0.1, -0.05) is 31.2 Å². The SMILES string of the molecule is CSC(=O)[C@@]1(O)CC[C@H]2C3CCC4=Cc5c(cnn5-c5ccc(F)nc5)C[C@]4(C)[C@H]3C(O)C[C@@]21C. The number of aromatic nitrogens is 3. The second kappa shape index (κ2) is 7.73. The fourth-order valence-corrected chi connectivity index (χ4v) is 9.07. The summed E-state index contributed by atoms with van der Waals surface area (Å²) in [5, 5.41) is 27.6. The fraction of sp³-hybridized carbons (Fsp3) is 0.593. The summed E-state index contributed by atoms with van der Waals surface area (Å²) in [7, 11) is 0. The van der Waals surface area contributed by atoms with E-state index in [1.807, 2.05) is 17.8 Å². The Morgan fingerprint density at radius 2 is 2.06 bits per heavy atom. The topological polar surface area (TPSA) is 88.2 Å². The quantitative estimate of drug-likeness (QED) is 0.606. The zero-order valence-electron chi connectivity index (χ0n) is 20.4. The van der Waals surface area contributed by atoms with Crippen molar-refractivity contribution < 1.29 is 19.4 Å². The standard InChI is InChI=1S/C27H32FN3O3S/c1-25-11-15-13-30-31(17-5-7-22(28)29-14-17)20(15)10-16(25)4-6-18-19-8-9-27(34,24(33)35-3)26(19,2)12-21(32)23(18)25/h5,7,10,13-14,18-19,21,23,32,34H,4,6,8-9,11-12H2,1-3H3/t18?,19-,21?,23+,25-,26-,27-/m0/s1. The number of thioether (sulfide) groups is 1. The molecule has 6 rings (SSSR count). The lowest BCUT2D eigenvalue weighted by Gasteiger charge is -2.60. The lowest BCUT2D eigenvalue weighted by molar-refractivity contribution is -0.173. The van der Waals surface area contributed by atoms with Crippen molar-refractivity contribution in [3.63, 3.8) is 0 Å². The third-order valence-corrected chi connectivity index (χ3v) is 10.8. The number of rotatable bonds is 2. The van der Waals surface area contributed by atoms with Crippen LogP contribution in [-0.2, 0) is 11.2 Å². The van der Waals surface area contributed by atoms with Gasteiger partial charge in [0, 0.05) is 5.41 Å². The molecule has 186 valence electrons. The monoisotopic (exact) mass is 497 g/mol. The number of carbonyl (C=O) groups is 1. The van der Waals surface area contributed by atoms with E-state index in [2.05, 4.69) is 23.1 Å². The summed E-state index contributed by atoms with van der Waals surface area (Å²) in [6.45, 7) is 4.31. The maximum Gasteiger partial charge on any atom is 0.220 e. The van der Waals surface area contributed by atoms with Crippen LogP contribution in [0.25, 0.3) is 11.8 Å². The van der Waals surface area contributed by atoms with Crippen LogP contribution in [0, 0.1) is 34.5 Å². The average Bonchev–Trinajstić information content (AvgIpc) is 3.35. The molecule has 0 saturated heterocycles. The number of aliphatic hydroxyl groups is 2. The van der Waals surface area contributed by atoms with Crippen molar-refractivity contribution in [1.82, 2.24) is 14.8 Å². The molecule has 8 heteroatoms. The number of allylic oxidation sites excluding steroid dienone is 1. The van der Waals surface area contributed by atoms with Crippen LogP contribution in [0.5, 0.6) is 0 Å². The van der Waals surface area contributed by atoms with Crippen molar-refractivity contribution in [3.05, 3.63) is 47.3 Å². The molecule has 2 unspecified atom stereocenters. The Labute approximate surface area is 209 Å². The summed E-state index contributed by atoms with van der Waals surface area (Å²) < 4.78 is 15.2. The molecule has 0 amide bonds. The minimum atomic E-state index is -1.37. The molecule has 2 N–H and O–H groups in total. The van der Waals surface area contributed by atoms with E-state index in [0.29, 0.717) is 12.8 Å². The first-order valence-electron chi connectivity index (χ1n) is 12.5. The lowest BCUT2D eigenvalue weighted by atomic mass is 9.45. The van der Waals surface area contributed by atoms with Crippen molar-refractivity contribution in [1.29, 1.82) is 0 Å². The molecule has 3 fully saturated rings. The highest BCUT2D eigenvalue weighted by Gasteiger charge is 2.68. The van der Waals surface area contributed by atoms with Gasteiger partial charge in [0.25, 0.3) is 0 Å².